The molecule has 1 aromatic rings. The van der Waals surface area contributed by atoms with Gasteiger partial charge < -0.3 is 10.1 Å². The van der Waals surface area contributed by atoms with Gasteiger partial charge in [-0.1, -0.05) is 25.8 Å². The molecular formula is C18H27N3O4S. The second-order valence-electron chi connectivity index (χ2n) is 6.46. The van der Waals surface area contributed by atoms with Crippen LogP contribution in [0.2, 0.25) is 0 Å². The van der Waals surface area contributed by atoms with Gasteiger partial charge in [-0.2, -0.15) is 0 Å². The van der Waals surface area contributed by atoms with Gasteiger partial charge in [0, 0.05) is 36.2 Å². The molecule has 2 aliphatic rings. The molecule has 1 spiro atoms. The van der Waals surface area contributed by atoms with Crippen LogP contribution in [0.1, 0.15) is 48.7 Å². The van der Waals surface area contributed by atoms with Crippen molar-refractivity contribution in [3.05, 3.63) is 39.4 Å². The van der Waals surface area contributed by atoms with E-state index in [1.807, 2.05) is 13.8 Å². The topological polar surface area (TPSA) is 84.7 Å². The number of benzene rings is 1. The van der Waals surface area contributed by atoms with Crippen LogP contribution >= 0.6 is 11.9 Å². The lowest BCUT2D eigenvalue weighted by Crippen LogP contribution is -2.57. The third-order valence-electron chi connectivity index (χ3n) is 4.99. The Labute approximate surface area is 158 Å². The minimum atomic E-state index is -0.563. The molecule has 1 unspecified atom stereocenters. The van der Waals surface area contributed by atoms with E-state index >= 15 is 0 Å². The molecule has 1 N–H and O–H groups in total. The van der Waals surface area contributed by atoms with Crippen LogP contribution in [0.4, 0.5) is 5.69 Å². The van der Waals surface area contributed by atoms with Gasteiger partial charge in [-0.15, -0.1) is 0 Å². The van der Waals surface area contributed by atoms with E-state index in [4.69, 9.17) is 0 Å². The summed E-state index contributed by atoms with van der Waals surface area (Å²) >= 11 is 1.75. The highest BCUT2D eigenvalue weighted by Crippen LogP contribution is 2.47. The van der Waals surface area contributed by atoms with E-state index in [0.717, 1.165) is 32.5 Å². The fraction of sp³-hybridized carbons (Fsp3) is 0.611. The van der Waals surface area contributed by atoms with Crippen LogP contribution in [0, 0.1) is 15.5 Å². The van der Waals surface area contributed by atoms with Gasteiger partial charge in [0.25, 0.3) is 5.69 Å². The Morgan fingerprint density at radius 2 is 2.12 bits per heavy atom. The summed E-state index contributed by atoms with van der Waals surface area (Å²) in [6.45, 7) is 6.91. The molecule has 0 amide bonds. The minimum absolute atomic E-state index is 0.0199. The number of hydrogen-bond acceptors (Lipinski definition) is 7. The molecule has 0 bridgehead atoms. The standard InChI is InChI=1S/C16H21N3O4S.C2H6/c1-23-15(20)11-3-4-12(14(7-11)19(21)22)13-8-16(5-6-17-13)9-18(10-16)24-2;1-2/h3-4,7,13,17H,5-6,8-10H2,1-2H3;1-2H3. The Bertz CT molecular complexity index is 662. The van der Waals surface area contributed by atoms with Gasteiger partial charge in [-0.25, -0.2) is 9.10 Å². The first kappa shape index (κ1) is 20.7. The molecule has 3 rings (SSSR count). The van der Waals surface area contributed by atoms with E-state index in [1.54, 1.807) is 24.1 Å². The molecule has 2 fully saturated rings. The second kappa shape index (κ2) is 8.83. The van der Waals surface area contributed by atoms with Crippen LogP contribution < -0.4 is 5.32 Å². The zero-order chi connectivity index (χ0) is 19.3. The van der Waals surface area contributed by atoms with Crippen molar-refractivity contribution in [1.82, 2.24) is 9.62 Å². The molecule has 0 radical (unpaired) electrons. The van der Waals surface area contributed by atoms with E-state index in [9.17, 15) is 14.9 Å². The van der Waals surface area contributed by atoms with Gasteiger partial charge in [0.1, 0.15) is 0 Å². The summed E-state index contributed by atoms with van der Waals surface area (Å²) in [4.78, 5) is 22.7. The monoisotopic (exact) mass is 381 g/mol. The third kappa shape index (κ3) is 4.19. The zero-order valence-electron chi connectivity index (χ0n) is 15.8. The highest BCUT2D eigenvalue weighted by Gasteiger charge is 2.46. The smallest absolute Gasteiger partial charge is 0.338 e. The number of ether oxygens (including phenoxy) is 1. The molecule has 8 heteroatoms. The third-order valence-corrected chi connectivity index (χ3v) is 5.76. The predicted octanol–water partition coefficient (Wildman–Crippen LogP) is 3.41. The molecule has 2 saturated heterocycles. The highest BCUT2D eigenvalue weighted by atomic mass is 32.2. The number of nitro benzene ring substituents is 1. The molecule has 1 atom stereocenters. The molecule has 2 heterocycles. The highest BCUT2D eigenvalue weighted by molar-refractivity contribution is 7.96. The first-order valence-electron chi connectivity index (χ1n) is 8.87. The summed E-state index contributed by atoms with van der Waals surface area (Å²) in [5, 5.41) is 14.9. The Balaban J connectivity index is 0.00000117. The molecule has 0 saturated carbocycles. The van der Waals surface area contributed by atoms with E-state index in [-0.39, 0.29) is 22.7 Å². The number of carbonyl (C=O) groups excluding carboxylic acids is 1. The van der Waals surface area contributed by atoms with Crippen molar-refractivity contribution in [3.8, 4) is 0 Å². The first-order valence-corrected chi connectivity index (χ1v) is 10.1. The van der Waals surface area contributed by atoms with Crippen LogP contribution in [-0.2, 0) is 4.74 Å². The van der Waals surface area contributed by atoms with Gasteiger partial charge in [0.2, 0.25) is 0 Å². The van der Waals surface area contributed by atoms with Crippen molar-refractivity contribution >= 4 is 23.6 Å². The largest absolute Gasteiger partial charge is 0.465 e. The summed E-state index contributed by atoms with van der Waals surface area (Å²) in [5.41, 5.74) is 1.08. The maximum atomic E-state index is 11.6. The van der Waals surface area contributed by atoms with Crippen LogP contribution in [-0.4, -0.2) is 48.2 Å². The molecule has 0 aliphatic carbocycles. The molecule has 2 aliphatic heterocycles. The summed E-state index contributed by atoms with van der Waals surface area (Å²) in [5.74, 6) is -0.563. The van der Waals surface area contributed by atoms with Crippen molar-refractivity contribution in [2.75, 3.05) is 33.0 Å². The van der Waals surface area contributed by atoms with E-state index in [0.29, 0.717) is 5.56 Å². The normalized spacial score (nSPS) is 21.3. The molecule has 1 aromatic carbocycles. The Hall–Kier alpha value is -1.64. The van der Waals surface area contributed by atoms with Crippen LogP contribution in [0.3, 0.4) is 0 Å². The quantitative estimate of drug-likeness (QED) is 0.370. The lowest BCUT2D eigenvalue weighted by Gasteiger charge is -2.53. The van der Waals surface area contributed by atoms with Crippen molar-refractivity contribution in [2.24, 2.45) is 5.41 Å². The maximum Gasteiger partial charge on any atom is 0.338 e. The fourth-order valence-electron chi connectivity index (χ4n) is 3.70. The van der Waals surface area contributed by atoms with Gasteiger partial charge in [-0.05, 0) is 37.8 Å². The van der Waals surface area contributed by atoms with Crippen LogP contribution in [0.15, 0.2) is 18.2 Å². The van der Waals surface area contributed by atoms with Gasteiger partial charge in [-0.3, -0.25) is 10.1 Å². The lowest BCUT2D eigenvalue weighted by molar-refractivity contribution is -0.385. The van der Waals surface area contributed by atoms with Gasteiger partial charge in [0.15, 0.2) is 0 Å². The van der Waals surface area contributed by atoms with Crippen LogP contribution in [0.25, 0.3) is 0 Å². The number of piperidine rings is 1. The summed E-state index contributed by atoms with van der Waals surface area (Å²) < 4.78 is 6.97. The zero-order valence-corrected chi connectivity index (χ0v) is 16.6. The van der Waals surface area contributed by atoms with Gasteiger partial charge >= 0.3 is 5.97 Å². The van der Waals surface area contributed by atoms with E-state index < -0.39 is 10.9 Å². The number of nitrogens with one attached hydrogen (secondary N) is 1. The summed E-state index contributed by atoms with van der Waals surface area (Å²) in [6, 6.07) is 4.55. The van der Waals surface area contributed by atoms with Crippen LogP contribution in [0.5, 0.6) is 0 Å². The molecule has 0 aromatic heterocycles. The van der Waals surface area contributed by atoms with Gasteiger partial charge in [0.05, 0.1) is 17.6 Å². The average Bonchev–Trinajstić information content (AvgIpc) is 2.66. The molecule has 26 heavy (non-hydrogen) atoms. The Morgan fingerprint density at radius 1 is 1.42 bits per heavy atom. The number of nitrogens with zero attached hydrogens (tertiary/aromatic N) is 2. The number of esters is 1. The number of hydrogen-bond donors (Lipinski definition) is 1. The number of rotatable bonds is 4. The maximum absolute atomic E-state index is 11.6. The number of methoxy groups -OCH3 is 1. The average molecular weight is 381 g/mol. The fourth-order valence-corrected chi connectivity index (χ4v) is 4.50. The molecule has 144 valence electrons. The lowest BCUT2D eigenvalue weighted by atomic mass is 9.70. The van der Waals surface area contributed by atoms with Crippen molar-refractivity contribution < 1.29 is 14.5 Å². The SMILES string of the molecule is CC.COC(=O)c1ccc(C2CC3(CCN2)CN(SC)C3)c([N+](=O)[O-])c1. The van der Waals surface area contributed by atoms with E-state index in [2.05, 4.69) is 20.6 Å². The first-order chi connectivity index (χ1) is 12.5. The minimum Gasteiger partial charge on any atom is -0.465 e. The second-order valence-corrected chi connectivity index (χ2v) is 7.35. The summed E-state index contributed by atoms with van der Waals surface area (Å²) in [7, 11) is 1.27. The Kier molecular flexibility index (Phi) is 7.02. The van der Waals surface area contributed by atoms with E-state index in [1.165, 1.54) is 13.2 Å². The Morgan fingerprint density at radius 3 is 2.69 bits per heavy atom. The summed E-state index contributed by atoms with van der Waals surface area (Å²) in [6.07, 6.45) is 4.04. The van der Waals surface area contributed by atoms with Crippen molar-refractivity contribution in [2.45, 2.75) is 32.7 Å². The molecule has 7 nitrogen and oxygen atoms in total. The number of nitro groups is 1. The van der Waals surface area contributed by atoms with Crippen molar-refractivity contribution in [3.63, 3.8) is 0 Å². The van der Waals surface area contributed by atoms with Crippen molar-refractivity contribution in [1.29, 1.82) is 0 Å². The predicted molar refractivity (Wildman–Crippen MR) is 103 cm³/mol. The number of carbonyl (C=O) groups is 1. The molecular weight excluding hydrogens is 354 g/mol.